The highest BCUT2D eigenvalue weighted by molar-refractivity contribution is 6.09. The van der Waals surface area contributed by atoms with E-state index in [0.717, 1.165) is 17.7 Å². The van der Waals surface area contributed by atoms with E-state index in [-0.39, 0.29) is 30.7 Å². The number of amides is 1. The molecule has 0 heterocycles. The standard InChI is InChI=1S/C22H22F3NO6/c23-22(24,25)19(29)12-18(28)15-6-8-16(9-7-15)20(30)17(27)10-11-26-21(31)32-13-14-4-2-1-3-5-14/h1-9,17,20,27,30H,10-13H2,(H,26,31). The highest BCUT2D eigenvalue weighted by Gasteiger charge is 2.39. The quantitative estimate of drug-likeness (QED) is 0.376. The second-order valence-corrected chi connectivity index (χ2v) is 6.93. The smallest absolute Gasteiger partial charge is 0.445 e. The van der Waals surface area contributed by atoms with Gasteiger partial charge in [0.05, 0.1) is 12.5 Å². The van der Waals surface area contributed by atoms with Gasteiger partial charge in [-0.1, -0.05) is 54.6 Å². The van der Waals surface area contributed by atoms with Crippen LogP contribution in [0.1, 0.15) is 40.4 Å². The molecule has 0 saturated carbocycles. The number of ether oxygens (including phenoxy) is 1. The van der Waals surface area contributed by atoms with Crippen molar-refractivity contribution in [1.82, 2.24) is 5.32 Å². The zero-order valence-corrected chi connectivity index (χ0v) is 16.8. The monoisotopic (exact) mass is 453 g/mol. The minimum Gasteiger partial charge on any atom is -0.445 e. The number of aliphatic hydroxyl groups is 2. The average Bonchev–Trinajstić information content (AvgIpc) is 2.77. The Morgan fingerprint density at radius 2 is 1.59 bits per heavy atom. The topological polar surface area (TPSA) is 113 Å². The number of benzene rings is 2. The van der Waals surface area contributed by atoms with Crippen LogP contribution in [0, 0.1) is 0 Å². The molecule has 10 heteroatoms. The number of rotatable bonds is 10. The molecule has 2 aromatic carbocycles. The van der Waals surface area contributed by atoms with Gasteiger partial charge in [-0.3, -0.25) is 9.59 Å². The summed E-state index contributed by atoms with van der Waals surface area (Å²) in [6, 6.07) is 13.9. The number of alkyl carbamates (subject to hydrolysis) is 1. The van der Waals surface area contributed by atoms with Gasteiger partial charge in [0.1, 0.15) is 12.7 Å². The highest BCUT2D eigenvalue weighted by Crippen LogP contribution is 2.22. The number of alkyl halides is 3. The molecular weight excluding hydrogens is 431 g/mol. The Balaban J connectivity index is 1.78. The molecule has 7 nitrogen and oxygen atoms in total. The van der Waals surface area contributed by atoms with Gasteiger partial charge >= 0.3 is 12.3 Å². The van der Waals surface area contributed by atoms with Crippen molar-refractivity contribution in [3.8, 4) is 0 Å². The third kappa shape index (κ3) is 7.78. The van der Waals surface area contributed by atoms with Gasteiger partial charge in [0, 0.05) is 12.1 Å². The summed E-state index contributed by atoms with van der Waals surface area (Å²) in [5.41, 5.74) is 0.890. The fourth-order valence-corrected chi connectivity index (χ4v) is 2.69. The highest BCUT2D eigenvalue weighted by atomic mass is 19.4. The van der Waals surface area contributed by atoms with Crippen molar-refractivity contribution in [1.29, 1.82) is 0 Å². The number of nitrogens with one attached hydrogen (secondary N) is 1. The normalized spacial score (nSPS) is 13.2. The van der Waals surface area contributed by atoms with Crippen molar-refractivity contribution < 1.29 is 42.5 Å². The molecule has 0 aliphatic carbocycles. The zero-order chi connectivity index (χ0) is 23.7. The Morgan fingerprint density at radius 3 is 2.19 bits per heavy atom. The summed E-state index contributed by atoms with van der Waals surface area (Å²) in [6.07, 6.45) is -9.72. The van der Waals surface area contributed by atoms with Gasteiger partial charge in [-0.05, 0) is 17.5 Å². The molecule has 0 aliphatic rings. The van der Waals surface area contributed by atoms with Crippen molar-refractivity contribution in [2.75, 3.05) is 6.54 Å². The van der Waals surface area contributed by atoms with Gasteiger partial charge in [-0.15, -0.1) is 0 Å². The van der Waals surface area contributed by atoms with Crippen molar-refractivity contribution >= 4 is 17.7 Å². The van der Waals surface area contributed by atoms with Crippen molar-refractivity contribution in [2.45, 2.75) is 37.8 Å². The maximum atomic E-state index is 12.3. The van der Waals surface area contributed by atoms with E-state index in [1.807, 2.05) is 6.07 Å². The molecule has 0 aromatic heterocycles. The van der Waals surface area contributed by atoms with Crippen LogP contribution in [0.25, 0.3) is 0 Å². The SMILES string of the molecule is O=C(NCCC(O)C(O)c1ccc(C(=O)CC(=O)C(F)(F)F)cc1)OCc1ccccc1. The number of Topliss-reactive ketones (excluding diaryl/α,β-unsaturated/α-hetero) is 2. The molecule has 2 rings (SSSR count). The number of hydrogen-bond acceptors (Lipinski definition) is 6. The predicted molar refractivity (Wildman–Crippen MR) is 107 cm³/mol. The number of halogens is 3. The summed E-state index contributed by atoms with van der Waals surface area (Å²) in [4.78, 5) is 34.4. The largest absolute Gasteiger partial charge is 0.450 e. The van der Waals surface area contributed by atoms with Crippen molar-refractivity contribution in [3.63, 3.8) is 0 Å². The van der Waals surface area contributed by atoms with E-state index in [9.17, 15) is 37.8 Å². The van der Waals surface area contributed by atoms with Crippen LogP contribution in [-0.2, 0) is 16.1 Å². The Morgan fingerprint density at radius 1 is 0.969 bits per heavy atom. The second kappa shape index (κ2) is 11.4. The lowest BCUT2D eigenvalue weighted by atomic mass is 9.98. The lowest BCUT2D eigenvalue weighted by Crippen LogP contribution is -2.29. The first-order valence-corrected chi connectivity index (χ1v) is 9.62. The Kier molecular flexibility index (Phi) is 8.91. The molecular formula is C22H22F3NO6. The lowest BCUT2D eigenvalue weighted by molar-refractivity contribution is -0.170. The molecule has 0 fully saturated rings. The van der Waals surface area contributed by atoms with Crippen LogP contribution in [0.3, 0.4) is 0 Å². The summed E-state index contributed by atoms with van der Waals surface area (Å²) in [5.74, 6) is -3.15. The van der Waals surface area contributed by atoms with Crippen LogP contribution in [-0.4, -0.2) is 46.7 Å². The van der Waals surface area contributed by atoms with Gasteiger partial charge in [-0.25, -0.2) is 4.79 Å². The minimum absolute atomic E-state index is 0.0115. The molecule has 0 spiro atoms. The first-order valence-electron chi connectivity index (χ1n) is 9.62. The minimum atomic E-state index is -5.09. The molecule has 3 N–H and O–H groups in total. The Bertz CT molecular complexity index is 916. The van der Waals surface area contributed by atoms with Gasteiger partial charge in [0.25, 0.3) is 0 Å². The van der Waals surface area contributed by atoms with Crippen LogP contribution in [0.4, 0.5) is 18.0 Å². The van der Waals surface area contributed by atoms with E-state index in [4.69, 9.17) is 4.74 Å². The number of hydrogen-bond donors (Lipinski definition) is 3. The first-order chi connectivity index (χ1) is 15.1. The second-order valence-electron chi connectivity index (χ2n) is 6.93. The summed E-state index contributed by atoms with van der Waals surface area (Å²) in [5, 5.41) is 22.8. The number of ketones is 2. The van der Waals surface area contributed by atoms with Crippen LogP contribution in [0.15, 0.2) is 54.6 Å². The third-order valence-corrected chi connectivity index (χ3v) is 4.50. The molecule has 0 radical (unpaired) electrons. The zero-order valence-electron chi connectivity index (χ0n) is 16.8. The predicted octanol–water partition coefficient (Wildman–Crippen LogP) is 3.10. The van der Waals surface area contributed by atoms with E-state index in [1.165, 1.54) is 12.1 Å². The molecule has 0 bridgehead atoms. The van der Waals surface area contributed by atoms with Gasteiger partial charge in [-0.2, -0.15) is 13.2 Å². The molecule has 2 aromatic rings. The van der Waals surface area contributed by atoms with E-state index in [0.29, 0.717) is 0 Å². The van der Waals surface area contributed by atoms with Crippen LogP contribution >= 0.6 is 0 Å². The van der Waals surface area contributed by atoms with E-state index in [1.54, 1.807) is 24.3 Å². The first kappa shape index (κ1) is 25.0. The van der Waals surface area contributed by atoms with Crippen LogP contribution in [0.2, 0.25) is 0 Å². The molecule has 2 atom stereocenters. The van der Waals surface area contributed by atoms with Gasteiger partial charge in [0.2, 0.25) is 5.78 Å². The lowest BCUT2D eigenvalue weighted by Gasteiger charge is -2.18. The van der Waals surface area contributed by atoms with Crippen LogP contribution < -0.4 is 5.32 Å². The van der Waals surface area contributed by atoms with Crippen molar-refractivity contribution in [3.05, 3.63) is 71.3 Å². The van der Waals surface area contributed by atoms with E-state index >= 15 is 0 Å². The number of aliphatic hydroxyl groups excluding tert-OH is 2. The summed E-state index contributed by atoms with van der Waals surface area (Å²) >= 11 is 0. The molecule has 0 saturated heterocycles. The van der Waals surface area contributed by atoms with Crippen molar-refractivity contribution in [2.24, 2.45) is 0 Å². The average molecular weight is 453 g/mol. The fourth-order valence-electron chi connectivity index (χ4n) is 2.69. The Labute approximate surface area is 181 Å². The summed E-state index contributed by atoms with van der Waals surface area (Å²) in [7, 11) is 0. The summed E-state index contributed by atoms with van der Waals surface area (Å²) in [6.45, 7) is 0.0967. The molecule has 2 unspecified atom stereocenters. The van der Waals surface area contributed by atoms with E-state index in [2.05, 4.69) is 5.32 Å². The van der Waals surface area contributed by atoms with Gasteiger partial charge < -0.3 is 20.3 Å². The Hall–Kier alpha value is -3.24. The number of carbonyl (C=O) groups excluding carboxylic acids is 3. The summed E-state index contributed by atoms with van der Waals surface area (Å²) < 4.78 is 41.8. The molecule has 32 heavy (non-hydrogen) atoms. The van der Waals surface area contributed by atoms with Gasteiger partial charge in [0.15, 0.2) is 5.78 Å². The van der Waals surface area contributed by atoms with E-state index < -0.39 is 42.5 Å². The number of carbonyl (C=O) groups is 3. The molecule has 1 amide bonds. The third-order valence-electron chi connectivity index (χ3n) is 4.50. The van der Waals surface area contributed by atoms with Crippen LogP contribution in [0.5, 0.6) is 0 Å². The molecule has 0 aliphatic heterocycles. The molecule has 172 valence electrons. The fraction of sp³-hybridized carbons (Fsp3) is 0.318. The maximum absolute atomic E-state index is 12.3. The maximum Gasteiger partial charge on any atom is 0.450 e.